The van der Waals surface area contributed by atoms with E-state index in [1.165, 1.54) is 16.2 Å². The van der Waals surface area contributed by atoms with Crippen molar-refractivity contribution in [1.82, 2.24) is 0 Å². The minimum atomic E-state index is 0.912. The van der Waals surface area contributed by atoms with E-state index in [0.29, 0.717) is 0 Å². The Morgan fingerprint density at radius 3 is 1.30 bits per heavy atom. The molecule has 0 aliphatic rings. The van der Waals surface area contributed by atoms with Crippen molar-refractivity contribution in [2.75, 3.05) is 9.80 Å². The zero-order chi connectivity index (χ0) is 35.1. The minimum absolute atomic E-state index is 0.912. The molecule has 250 valence electrons. The average molecular weight is 679 g/mol. The number of fused-ring (bicyclic) bond motifs is 6. The van der Waals surface area contributed by atoms with Gasteiger partial charge in [-0.05, 0) is 124 Å². The number of furan rings is 1. The van der Waals surface area contributed by atoms with Crippen molar-refractivity contribution < 1.29 is 4.42 Å². The molecule has 1 aromatic heterocycles. The summed E-state index contributed by atoms with van der Waals surface area (Å²) in [6, 6.07) is 73.5. The summed E-state index contributed by atoms with van der Waals surface area (Å²) in [5.74, 6) is 0. The highest BCUT2D eigenvalue weighted by Crippen LogP contribution is 2.44. The normalized spacial score (nSPS) is 11.4. The highest BCUT2D eigenvalue weighted by atomic mass is 16.3. The molecule has 0 aliphatic carbocycles. The van der Waals surface area contributed by atoms with Crippen LogP contribution >= 0.6 is 0 Å². The van der Waals surface area contributed by atoms with E-state index in [2.05, 4.69) is 204 Å². The summed E-state index contributed by atoms with van der Waals surface area (Å²) in [6.45, 7) is 0. The lowest BCUT2D eigenvalue weighted by molar-refractivity contribution is 0.669. The first-order valence-corrected chi connectivity index (χ1v) is 18.0. The summed E-state index contributed by atoms with van der Waals surface area (Å²) in [5, 5.41) is 7.07. The molecule has 0 N–H and O–H groups in total. The van der Waals surface area contributed by atoms with Crippen molar-refractivity contribution in [2.24, 2.45) is 0 Å². The molecule has 0 amide bonds. The Bertz CT molecular complexity index is 2700. The lowest BCUT2D eigenvalue weighted by Gasteiger charge is -2.30. The Balaban J connectivity index is 1.23. The van der Waals surface area contributed by atoms with Crippen LogP contribution in [0.1, 0.15) is 0 Å². The molecule has 0 spiro atoms. The molecule has 3 nitrogen and oxygen atoms in total. The monoisotopic (exact) mass is 678 g/mol. The molecule has 0 bridgehead atoms. The lowest BCUT2D eigenvalue weighted by atomic mass is 9.95. The smallest absolute Gasteiger partial charge is 0.136 e. The molecule has 10 rings (SSSR count). The van der Waals surface area contributed by atoms with Gasteiger partial charge in [-0.15, -0.1) is 0 Å². The summed E-state index contributed by atoms with van der Waals surface area (Å²) >= 11 is 0. The number of anilines is 6. The standard InChI is InChI=1S/C50H34N2O/c1-5-15-39(16-6-1)51(40-17-7-2-8-18-40)43-29-38(30-44(33-43)52(41-19-9-3-10-20-41)42-21-11-4-12-22-42)36-27-25-35-26-28-37-32-50-48(34-47(37)46(35)31-36)45-23-13-14-24-49(45)53-50/h1-34H. The average Bonchev–Trinajstić information content (AvgIpc) is 3.59. The third-order valence-electron chi connectivity index (χ3n) is 10.1. The molecular formula is C50H34N2O. The first-order valence-electron chi connectivity index (χ1n) is 18.0. The van der Waals surface area contributed by atoms with E-state index in [-0.39, 0.29) is 0 Å². The number of benzene rings is 9. The number of rotatable bonds is 7. The van der Waals surface area contributed by atoms with Crippen molar-refractivity contribution in [3.05, 3.63) is 206 Å². The van der Waals surface area contributed by atoms with Crippen molar-refractivity contribution in [3.8, 4) is 11.1 Å². The van der Waals surface area contributed by atoms with Crippen molar-refractivity contribution in [2.45, 2.75) is 0 Å². The maximum Gasteiger partial charge on any atom is 0.136 e. The maximum absolute atomic E-state index is 6.27. The molecule has 53 heavy (non-hydrogen) atoms. The van der Waals surface area contributed by atoms with Crippen LogP contribution in [0.5, 0.6) is 0 Å². The van der Waals surface area contributed by atoms with Gasteiger partial charge in [0.1, 0.15) is 11.2 Å². The molecule has 0 fully saturated rings. The fourth-order valence-corrected chi connectivity index (χ4v) is 7.67. The van der Waals surface area contributed by atoms with E-state index in [4.69, 9.17) is 4.42 Å². The number of hydrogen-bond donors (Lipinski definition) is 0. The first kappa shape index (κ1) is 30.7. The van der Waals surface area contributed by atoms with Crippen LogP contribution in [0.3, 0.4) is 0 Å². The van der Waals surface area contributed by atoms with Gasteiger partial charge in [-0.25, -0.2) is 0 Å². The molecule has 0 atom stereocenters. The van der Waals surface area contributed by atoms with Crippen LogP contribution in [0, 0.1) is 0 Å². The Morgan fingerprint density at radius 1 is 0.264 bits per heavy atom. The van der Waals surface area contributed by atoms with E-state index in [1.807, 2.05) is 12.1 Å². The zero-order valence-electron chi connectivity index (χ0n) is 28.9. The van der Waals surface area contributed by atoms with E-state index in [1.54, 1.807) is 0 Å². The van der Waals surface area contributed by atoms with Gasteiger partial charge in [-0.3, -0.25) is 0 Å². The van der Waals surface area contributed by atoms with E-state index in [9.17, 15) is 0 Å². The van der Waals surface area contributed by atoms with Gasteiger partial charge in [0, 0.05) is 44.9 Å². The highest BCUT2D eigenvalue weighted by molar-refractivity contribution is 6.17. The Kier molecular flexibility index (Phi) is 7.47. The SMILES string of the molecule is c1ccc(N(c2ccccc2)c2cc(-c3ccc4ccc5cc6oc7ccccc7c6cc5c4c3)cc(N(c3ccccc3)c3ccccc3)c2)cc1. The van der Waals surface area contributed by atoms with Gasteiger partial charge in [0.2, 0.25) is 0 Å². The van der Waals surface area contributed by atoms with Crippen LogP contribution in [-0.4, -0.2) is 0 Å². The Labute approximate surface area is 308 Å². The summed E-state index contributed by atoms with van der Waals surface area (Å²) in [4.78, 5) is 4.69. The predicted octanol–water partition coefficient (Wildman–Crippen LogP) is 14.5. The highest BCUT2D eigenvalue weighted by Gasteiger charge is 2.20. The molecular weight excluding hydrogens is 645 g/mol. The van der Waals surface area contributed by atoms with Crippen LogP contribution in [0.25, 0.3) is 54.6 Å². The zero-order valence-corrected chi connectivity index (χ0v) is 28.9. The van der Waals surface area contributed by atoms with Gasteiger partial charge in [0.15, 0.2) is 0 Å². The summed E-state index contributed by atoms with van der Waals surface area (Å²) < 4.78 is 6.27. The first-order chi connectivity index (χ1) is 26.3. The van der Waals surface area contributed by atoms with E-state index < -0.39 is 0 Å². The van der Waals surface area contributed by atoms with Gasteiger partial charge in [-0.2, -0.15) is 0 Å². The van der Waals surface area contributed by atoms with Crippen molar-refractivity contribution in [3.63, 3.8) is 0 Å². The molecule has 0 unspecified atom stereocenters. The van der Waals surface area contributed by atoms with Crippen LogP contribution in [-0.2, 0) is 0 Å². The second-order valence-corrected chi connectivity index (χ2v) is 13.4. The van der Waals surface area contributed by atoms with Gasteiger partial charge in [-0.1, -0.05) is 115 Å². The minimum Gasteiger partial charge on any atom is -0.456 e. The van der Waals surface area contributed by atoms with Crippen LogP contribution in [0.15, 0.2) is 211 Å². The molecule has 0 saturated carbocycles. The second-order valence-electron chi connectivity index (χ2n) is 13.4. The maximum atomic E-state index is 6.27. The van der Waals surface area contributed by atoms with Crippen molar-refractivity contribution >= 4 is 77.6 Å². The largest absolute Gasteiger partial charge is 0.456 e. The fraction of sp³-hybridized carbons (Fsp3) is 0. The number of nitrogens with zero attached hydrogens (tertiary/aromatic N) is 2. The fourth-order valence-electron chi connectivity index (χ4n) is 7.67. The van der Waals surface area contributed by atoms with Crippen molar-refractivity contribution in [1.29, 1.82) is 0 Å². The molecule has 9 aromatic carbocycles. The number of para-hydroxylation sites is 5. The third kappa shape index (κ3) is 5.56. The summed E-state index contributed by atoms with van der Waals surface area (Å²) in [7, 11) is 0. The predicted molar refractivity (Wildman–Crippen MR) is 224 cm³/mol. The Morgan fingerprint density at radius 2 is 0.736 bits per heavy atom. The molecule has 10 aromatic rings. The molecule has 1 heterocycles. The topological polar surface area (TPSA) is 19.6 Å². The van der Waals surface area contributed by atoms with Crippen LogP contribution in [0.2, 0.25) is 0 Å². The summed E-state index contributed by atoms with van der Waals surface area (Å²) in [6.07, 6.45) is 0. The third-order valence-corrected chi connectivity index (χ3v) is 10.1. The van der Waals surface area contributed by atoms with E-state index in [0.717, 1.165) is 72.6 Å². The summed E-state index contributed by atoms with van der Waals surface area (Å²) in [5.41, 5.74) is 10.6. The van der Waals surface area contributed by atoms with Gasteiger partial charge in [0.05, 0.1) is 0 Å². The quantitative estimate of drug-likeness (QED) is 0.156. The van der Waals surface area contributed by atoms with Gasteiger partial charge >= 0.3 is 0 Å². The Hall–Kier alpha value is -7.10. The van der Waals surface area contributed by atoms with Gasteiger partial charge in [0.25, 0.3) is 0 Å². The molecule has 0 saturated heterocycles. The molecule has 0 radical (unpaired) electrons. The lowest BCUT2D eigenvalue weighted by Crippen LogP contribution is -2.13. The van der Waals surface area contributed by atoms with Crippen LogP contribution < -0.4 is 9.80 Å². The molecule has 3 heteroatoms. The second kappa shape index (κ2) is 12.9. The van der Waals surface area contributed by atoms with E-state index >= 15 is 0 Å². The number of hydrogen-bond acceptors (Lipinski definition) is 3. The van der Waals surface area contributed by atoms with Crippen LogP contribution in [0.4, 0.5) is 34.1 Å². The molecule has 0 aliphatic heterocycles. The van der Waals surface area contributed by atoms with Gasteiger partial charge < -0.3 is 14.2 Å².